The molecular weight excluding hydrogens is 403 g/mol. The van der Waals surface area contributed by atoms with Gasteiger partial charge in [0, 0.05) is 29.8 Å². The average molecular weight is 422 g/mol. The Bertz CT molecular complexity index is 742. The van der Waals surface area contributed by atoms with Crippen molar-refractivity contribution in [3.8, 4) is 0 Å². The monoisotopic (exact) mass is 422 g/mol. The average Bonchev–Trinajstić information content (AvgIpc) is 2.54. The highest BCUT2D eigenvalue weighted by molar-refractivity contribution is 14.1. The van der Waals surface area contributed by atoms with Crippen LogP contribution in [0.1, 0.15) is 31.8 Å². The minimum atomic E-state index is -0.109. The number of halogens is 1. The molecule has 2 aromatic rings. The van der Waals surface area contributed by atoms with Gasteiger partial charge in [0.25, 0.3) is 11.8 Å². The SMILES string of the molecule is Cc1cccc(C(=O)NCc2cccc(C(=O)N(C)C)c2)c1I. The fourth-order valence-electron chi connectivity index (χ4n) is 2.17. The number of benzene rings is 2. The molecule has 23 heavy (non-hydrogen) atoms. The third kappa shape index (κ3) is 4.31. The molecule has 0 radical (unpaired) electrons. The summed E-state index contributed by atoms with van der Waals surface area (Å²) in [7, 11) is 3.44. The van der Waals surface area contributed by atoms with Crippen molar-refractivity contribution in [2.24, 2.45) is 0 Å². The summed E-state index contributed by atoms with van der Waals surface area (Å²) in [5, 5.41) is 2.91. The van der Waals surface area contributed by atoms with E-state index in [0.29, 0.717) is 17.7 Å². The third-order valence-electron chi connectivity index (χ3n) is 3.47. The van der Waals surface area contributed by atoms with Crippen LogP contribution in [0.2, 0.25) is 0 Å². The molecule has 0 aliphatic carbocycles. The maximum Gasteiger partial charge on any atom is 0.253 e. The number of carbonyl (C=O) groups is 2. The Kier molecular flexibility index (Phi) is 5.76. The molecule has 120 valence electrons. The van der Waals surface area contributed by atoms with Gasteiger partial charge in [-0.2, -0.15) is 0 Å². The minimum absolute atomic E-state index is 0.0496. The quantitative estimate of drug-likeness (QED) is 0.770. The van der Waals surface area contributed by atoms with Gasteiger partial charge >= 0.3 is 0 Å². The number of nitrogens with one attached hydrogen (secondary N) is 1. The first-order chi connectivity index (χ1) is 10.9. The molecule has 0 unspecified atom stereocenters. The molecule has 0 aliphatic rings. The van der Waals surface area contributed by atoms with Crippen LogP contribution in [0.25, 0.3) is 0 Å². The lowest BCUT2D eigenvalue weighted by Crippen LogP contribution is -2.25. The summed E-state index contributed by atoms with van der Waals surface area (Å²) in [6, 6.07) is 13.0. The maximum atomic E-state index is 12.3. The standard InChI is InChI=1S/C18H19IN2O2/c1-12-6-4-9-15(16(12)19)17(22)20-11-13-7-5-8-14(10-13)18(23)21(2)3/h4-10H,11H2,1-3H3,(H,20,22). The van der Waals surface area contributed by atoms with Gasteiger partial charge in [-0.1, -0.05) is 24.3 Å². The molecule has 0 atom stereocenters. The molecule has 5 heteroatoms. The first-order valence-corrected chi connectivity index (χ1v) is 8.32. The van der Waals surface area contributed by atoms with Crippen molar-refractivity contribution < 1.29 is 9.59 Å². The van der Waals surface area contributed by atoms with Crippen LogP contribution >= 0.6 is 22.6 Å². The smallest absolute Gasteiger partial charge is 0.253 e. The molecule has 2 aromatic carbocycles. The number of hydrogen-bond donors (Lipinski definition) is 1. The van der Waals surface area contributed by atoms with Gasteiger partial charge in [0.15, 0.2) is 0 Å². The van der Waals surface area contributed by atoms with Gasteiger partial charge in [-0.3, -0.25) is 9.59 Å². The van der Waals surface area contributed by atoms with Crippen molar-refractivity contribution in [1.29, 1.82) is 0 Å². The number of aryl methyl sites for hydroxylation is 1. The van der Waals surface area contributed by atoms with E-state index in [0.717, 1.165) is 14.7 Å². The zero-order valence-corrected chi connectivity index (χ0v) is 15.5. The summed E-state index contributed by atoms with van der Waals surface area (Å²) in [5.74, 6) is -0.158. The lowest BCUT2D eigenvalue weighted by molar-refractivity contribution is 0.0827. The molecule has 0 saturated heterocycles. The van der Waals surface area contributed by atoms with Gasteiger partial charge in [0.2, 0.25) is 0 Å². The Balaban J connectivity index is 2.09. The largest absolute Gasteiger partial charge is 0.348 e. The van der Waals surface area contributed by atoms with Gasteiger partial charge in [-0.05, 0) is 58.8 Å². The number of rotatable bonds is 4. The van der Waals surface area contributed by atoms with E-state index in [-0.39, 0.29) is 11.8 Å². The van der Waals surface area contributed by atoms with Crippen LogP contribution in [0.3, 0.4) is 0 Å². The van der Waals surface area contributed by atoms with Crippen molar-refractivity contribution >= 4 is 34.4 Å². The molecule has 0 bridgehead atoms. The van der Waals surface area contributed by atoms with Crippen molar-refractivity contribution in [1.82, 2.24) is 10.2 Å². The molecule has 2 amide bonds. The molecule has 0 aromatic heterocycles. The van der Waals surface area contributed by atoms with Crippen molar-refractivity contribution in [2.75, 3.05) is 14.1 Å². The van der Waals surface area contributed by atoms with Crippen LogP contribution in [0.4, 0.5) is 0 Å². The first-order valence-electron chi connectivity index (χ1n) is 7.24. The lowest BCUT2D eigenvalue weighted by Gasteiger charge is -2.12. The second-order valence-electron chi connectivity index (χ2n) is 5.52. The van der Waals surface area contributed by atoms with Crippen LogP contribution in [-0.4, -0.2) is 30.8 Å². The molecule has 0 aliphatic heterocycles. The minimum Gasteiger partial charge on any atom is -0.348 e. The van der Waals surface area contributed by atoms with E-state index >= 15 is 0 Å². The van der Waals surface area contributed by atoms with Crippen LogP contribution in [0.5, 0.6) is 0 Å². The summed E-state index contributed by atoms with van der Waals surface area (Å²) in [6.07, 6.45) is 0. The Morgan fingerprint density at radius 1 is 1.13 bits per heavy atom. The molecule has 0 saturated carbocycles. The van der Waals surface area contributed by atoms with Crippen LogP contribution in [0.15, 0.2) is 42.5 Å². The van der Waals surface area contributed by atoms with Crippen LogP contribution in [-0.2, 0) is 6.54 Å². The zero-order valence-electron chi connectivity index (χ0n) is 13.4. The molecule has 0 spiro atoms. The Morgan fingerprint density at radius 3 is 2.52 bits per heavy atom. The first kappa shape index (κ1) is 17.5. The highest BCUT2D eigenvalue weighted by Gasteiger charge is 2.12. The molecule has 4 nitrogen and oxygen atoms in total. The zero-order chi connectivity index (χ0) is 17.0. The van der Waals surface area contributed by atoms with Crippen molar-refractivity contribution in [2.45, 2.75) is 13.5 Å². The highest BCUT2D eigenvalue weighted by atomic mass is 127. The predicted molar refractivity (Wildman–Crippen MR) is 99.5 cm³/mol. The maximum absolute atomic E-state index is 12.3. The number of amides is 2. The van der Waals surface area contributed by atoms with E-state index in [4.69, 9.17) is 0 Å². The van der Waals surface area contributed by atoms with E-state index in [1.54, 1.807) is 20.2 Å². The van der Waals surface area contributed by atoms with Gasteiger partial charge in [-0.25, -0.2) is 0 Å². The van der Waals surface area contributed by atoms with Crippen LogP contribution in [0, 0.1) is 10.5 Å². The number of carbonyl (C=O) groups excluding carboxylic acids is 2. The van der Waals surface area contributed by atoms with E-state index in [2.05, 4.69) is 27.9 Å². The Hall–Kier alpha value is -1.89. The van der Waals surface area contributed by atoms with Gasteiger partial charge in [-0.15, -0.1) is 0 Å². The Morgan fingerprint density at radius 2 is 1.83 bits per heavy atom. The summed E-state index contributed by atoms with van der Waals surface area (Å²) in [4.78, 5) is 25.8. The van der Waals surface area contributed by atoms with E-state index < -0.39 is 0 Å². The second-order valence-corrected chi connectivity index (χ2v) is 6.60. The summed E-state index contributed by atoms with van der Waals surface area (Å²) < 4.78 is 0.958. The predicted octanol–water partition coefficient (Wildman–Crippen LogP) is 3.23. The summed E-state index contributed by atoms with van der Waals surface area (Å²) in [5.41, 5.74) is 3.27. The number of hydrogen-bond acceptors (Lipinski definition) is 2. The topological polar surface area (TPSA) is 49.4 Å². The third-order valence-corrected chi connectivity index (χ3v) is 4.90. The van der Waals surface area contributed by atoms with Gasteiger partial charge in [0.1, 0.15) is 0 Å². The van der Waals surface area contributed by atoms with E-state index in [1.165, 1.54) is 4.90 Å². The highest BCUT2D eigenvalue weighted by Crippen LogP contribution is 2.16. The van der Waals surface area contributed by atoms with Gasteiger partial charge in [0.05, 0.1) is 5.56 Å². The van der Waals surface area contributed by atoms with Crippen molar-refractivity contribution in [3.63, 3.8) is 0 Å². The Labute approximate surface area is 150 Å². The normalized spacial score (nSPS) is 10.3. The molecular formula is C18H19IN2O2. The molecule has 0 heterocycles. The summed E-state index contributed by atoms with van der Waals surface area (Å²) >= 11 is 2.18. The fourth-order valence-corrected chi connectivity index (χ4v) is 2.78. The van der Waals surface area contributed by atoms with E-state index in [1.807, 2.05) is 43.3 Å². The molecule has 1 N–H and O–H groups in total. The molecule has 0 fully saturated rings. The van der Waals surface area contributed by atoms with E-state index in [9.17, 15) is 9.59 Å². The summed E-state index contributed by atoms with van der Waals surface area (Å²) in [6.45, 7) is 2.37. The van der Waals surface area contributed by atoms with Crippen molar-refractivity contribution in [3.05, 3.63) is 68.3 Å². The lowest BCUT2D eigenvalue weighted by atomic mass is 10.1. The second kappa shape index (κ2) is 7.59. The van der Waals surface area contributed by atoms with Gasteiger partial charge < -0.3 is 10.2 Å². The number of nitrogens with zero attached hydrogens (tertiary/aromatic N) is 1. The van der Waals surface area contributed by atoms with Crippen LogP contribution < -0.4 is 5.32 Å². The fraction of sp³-hybridized carbons (Fsp3) is 0.222. The molecule has 2 rings (SSSR count).